The first-order valence-corrected chi connectivity index (χ1v) is 9.89. The SMILES string of the molecule is CO[C@@H]1[C@@H](OC(C)=O)C[C@@H](C(=O)OCc2ccccc2)N1C(=O)OCc1ccccc1. The minimum atomic E-state index is -1.01. The summed E-state index contributed by atoms with van der Waals surface area (Å²) in [6.45, 7) is 1.33. The highest BCUT2D eigenvalue weighted by Crippen LogP contribution is 2.30. The van der Waals surface area contributed by atoms with E-state index in [1.165, 1.54) is 14.0 Å². The van der Waals surface area contributed by atoms with Gasteiger partial charge in [0.1, 0.15) is 25.4 Å². The highest BCUT2D eigenvalue weighted by Gasteiger charge is 2.50. The fraction of sp³-hybridized carbons (Fsp3) is 0.348. The number of carbonyl (C=O) groups excluding carboxylic acids is 3. The molecule has 0 N–H and O–H groups in total. The first kappa shape index (κ1) is 22.3. The lowest BCUT2D eigenvalue weighted by Crippen LogP contribution is -2.48. The molecule has 0 radical (unpaired) electrons. The fourth-order valence-corrected chi connectivity index (χ4v) is 3.45. The van der Waals surface area contributed by atoms with Crippen LogP contribution in [0.25, 0.3) is 0 Å². The highest BCUT2D eigenvalue weighted by molar-refractivity contribution is 5.82. The van der Waals surface area contributed by atoms with Crippen LogP contribution < -0.4 is 0 Å². The standard InChI is InChI=1S/C23H25NO7/c1-16(25)31-20-13-19(22(26)29-14-17-9-5-3-6-10-17)24(21(20)28-2)23(27)30-15-18-11-7-4-8-12-18/h3-12,19-21H,13-15H2,1-2H3/t19-,20-,21+/m0/s1. The number of amides is 1. The molecule has 0 spiro atoms. The maximum atomic E-state index is 12.9. The third-order valence-corrected chi connectivity index (χ3v) is 4.85. The third-order valence-electron chi connectivity index (χ3n) is 4.85. The molecule has 31 heavy (non-hydrogen) atoms. The van der Waals surface area contributed by atoms with Crippen LogP contribution in [-0.4, -0.2) is 48.4 Å². The number of nitrogens with zero attached hydrogens (tertiary/aromatic N) is 1. The molecule has 8 nitrogen and oxygen atoms in total. The van der Waals surface area contributed by atoms with Crippen molar-refractivity contribution in [2.75, 3.05) is 7.11 Å². The van der Waals surface area contributed by atoms with E-state index in [1.54, 1.807) is 0 Å². The molecule has 1 heterocycles. The average Bonchev–Trinajstić information content (AvgIpc) is 3.15. The maximum Gasteiger partial charge on any atom is 0.413 e. The van der Waals surface area contributed by atoms with Crippen LogP contribution in [0.15, 0.2) is 60.7 Å². The van der Waals surface area contributed by atoms with Gasteiger partial charge < -0.3 is 18.9 Å². The van der Waals surface area contributed by atoms with Gasteiger partial charge in [0.2, 0.25) is 0 Å². The van der Waals surface area contributed by atoms with Crippen molar-refractivity contribution in [2.24, 2.45) is 0 Å². The monoisotopic (exact) mass is 427 g/mol. The molecule has 1 fully saturated rings. The van der Waals surface area contributed by atoms with Gasteiger partial charge in [-0.1, -0.05) is 60.7 Å². The first-order chi connectivity index (χ1) is 15.0. The van der Waals surface area contributed by atoms with Gasteiger partial charge in [0.05, 0.1) is 0 Å². The molecule has 0 unspecified atom stereocenters. The quantitative estimate of drug-likeness (QED) is 0.495. The number of esters is 2. The van der Waals surface area contributed by atoms with E-state index in [-0.39, 0.29) is 19.6 Å². The number of benzene rings is 2. The number of ether oxygens (including phenoxy) is 4. The van der Waals surface area contributed by atoms with Crippen molar-refractivity contribution in [2.45, 2.75) is 44.9 Å². The molecule has 1 aliphatic rings. The second-order valence-corrected chi connectivity index (χ2v) is 7.07. The summed E-state index contributed by atoms with van der Waals surface area (Å²) in [5.74, 6) is -1.17. The zero-order chi connectivity index (χ0) is 22.2. The molecule has 0 bridgehead atoms. The van der Waals surface area contributed by atoms with Gasteiger partial charge in [0.25, 0.3) is 0 Å². The van der Waals surface area contributed by atoms with E-state index in [2.05, 4.69) is 0 Å². The van der Waals surface area contributed by atoms with Crippen molar-refractivity contribution in [1.29, 1.82) is 0 Å². The number of hydrogen-bond donors (Lipinski definition) is 0. The van der Waals surface area contributed by atoms with E-state index >= 15 is 0 Å². The van der Waals surface area contributed by atoms with Crippen molar-refractivity contribution in [3.8, 4) is 0 Å². The summed E-state index contributed by atoms with van der Waals surface area (Å²) >= 11 is 0. The fourth-order valence-electron chi connectivity index (χ4n) is 3.45. The molecule has 1 aliphatic heterocycles. The van der Waals surface area contributed by atoms with Crippen molar-refractivity contribution < 1.29 is 33.3 Å². The molecular weight excluding hydrogens is 402 g/mol. The summed E-state index contributed by atoms with van der Waals surface area (Å²) in [7, 11) is 1.37. The largest absolute Gasteiger partial charge is 0.459 e. The van der Waals surface area contributed by atoms with Crippen LogP contribution in [-0.2, 0) is 41.8 Å². The second kappa shape index (κ2) is 10.6. The predicted octanol–water partition coefficient (Wildman–Crippen LogP) is 3.05. The van der Waals surface area contributed by atoms with Crippen LogP contribution in [0.1, 0.15) is 24.5 Å². The van der Waals surface area contributed by atoms with Crippen LogP contribution in [0.3, 0.4) is 0 Å². The number of likely N-dealkylation sites (tertiary alicyclic amines) is 1. The molecule has 8 heteroatoms. The second-order valence-electron chi connectivity index (χ2n) is 7.07. The summed E-state index contributed by atoms with van der Waals surface area (Å²) in [6, 6.07) is 17.3. The molecule has 164 valence electrons. The minimum Gasteiger partial charge on any atom is -0.459 e. The van der Waals surface area contributed by atoms with Crippen molar-refractivity contribution in [1.82, 2.24) is 4.90 Å². The summed E-state index contributed by atoms with van der Waals surface area (Å²) in [6.07, 6.45) is -2.50. The Kier molecular flexibility index (Phi) is 7.61. The Labute approximate surface area is 180 Å². The summed E-state index contributed by atoms with van der Waals surface area (Å²) in [5.41, 5.74) is 1.61. The molecular formula is C23H25NO7. The van der Waals surface area contributed by atoms with Crippen molar-refractivity contribution in [3.05, 3.63) is 71.8 Å². The molecule has 2 aromatic carbocycles. The Morgan fingerprint density at radius 2 is 1.45 bits per heavy atom. The summed E-state index contributed by atoms with van der Waals surface area (Å²) < 4.78 is 21.5. The van der Waals surface area contributed by atoms with E-state index in [9.17, 15) is 14.4 Å². The van der Waals surface area contributed by atoms with E-state index in [0.717, 1.165) is 16.0 Å². The van der Waals surface area contributed by atoms with Gasteiger partial charge in [-0.05, 0) is 11.1 Å². The molecule has 3 atom stereocenters. The van der Waals surface area contributed by atoms with Gasteiger partial charge in [0, 0.05) is 20.5 Å². The van der Waals surface area contributed by atoms with E-state index < -0.39 is 36.4 Å². The number of carbonyl (C=O) groups is 3. The topological polar surface area (TPSA) is 91.4 Å². The number of rotatable bonds is 7. The molecule has 1 amide bonds. The summed E-state index contributed by atoms with van der Waals surface area (Å²) in [4.78, 5) is 38.4. The number of methoxy groups -OCH3 is 1. The molecule has 0 aliphatic carbocycles. The van der Waals surface area contributed by atoms with Gasteiger partial charge in [-0.15, -0.1) is 0 Å². The Morgan fingerprint density at radius 1 is 0.903 bits per heavy atom. The third kappa shape index (κ3) is 5.82. The maximum absolute atomic E-state index is 12.9. The lowest BCUT2D eigenvalue weighted by molar-refractivity contribution is -0.157. The smallest absolute Gasteiger partial charge is 0.413 e. The molecule has 0 saturated carbocycles. The van der Waals surface area contributed by atoms with E-state index in [1.807, 2.05) is 60.7 Å². The Bertz CT molecular complexity index is 887. The van der Waals surface area contributed by atoms with Gasteiger partial charge >= 0.3 is 18.0 Å². The molecule has 2 aromatic rings. The normalized spacial score (nSPS) is 20.2. The van der Waals surface area contributed by atoms with Crippen LogP contribution in [0, 0.1) is 0 Å². The lowest BCUT2D eigenvalue weighted by atomic mass is 10.2. The van der Waals surface area contributed by atoms with Gasteiger partial charge in [0.15, 0.2) is 6.23 Å². The van der Waals surface area contributed by atoms with E-state index in [4.69, 9.17) is 18.9 Å². The lowest BCUT2D eigenvalue weighted by Gasteiger charge is -2.28. The Balaban J connectivity index is 1.73. The molecule has 0 aromatic heterocycles. The Hall–Kier alpha value is -3.39. The van der Waals surface area contributed by atoms with E-state index in [0.29, 0.717) is 0 Å². The van der Waals surface area contributed by atoms with Crippen molar-refractivity contribution >= 4 is 18.0 Å². The molecule has 1 saturated heterocycles. The predicted molar refractivity (Wildman–Crippen MR) is 109 cm³/mol. The molecule has 3 rings (SSSR count). The average molecular weight is 427 g/mol. The van der Waals surface area contributed by atoms with Crippen LogP contribution in [0.5, 0.6) is 0 Å². The Morgan fingerprint density at radius 3 is 1.97 bits per heavy atom. The summed E-state index contributed by atoms with van der Waals surface area (Å²) in [5, 5.41) is 0. The van der Waals surface area contributed by atoms with Crippen molar-refractivity contribution in [3.63, 3.8) is 0 Å². The van der Waals surface area contributed by atoms with Gasteiger partial charge in [-0.25, -0.2) is 9.59 Å². The first-order valence-electron chi connectivity index (χ1n) is 9.89. The van der Waals surface area contributed by atoms with Crippen LogP contribution >= 0.6 is 0 Å². The number of hydrogen-bond acceptors (Lipinski definition) is 7. The van der Waals surface area contributed by atoms with Gasteiger partial charge in [-0.2, -0.15) is 0 Å². The highest BCUT2D eigenvalue weighted by atomic mass is 16.6. The minimum absolute atomic E-state index is 0.0244. The van der Waals surface area contributed by atoms with Crippen LogP contribution in [0.4, 0.5) is 4.79 Å². The van der Waals surface area contributed by atoms with Gasteiger partial charge in [-0.3, -0.25) is 9.69 Å². The zero-order valence-corrected chi connectivity index (χ0v) is 17.4. The van der Waals surface area contributed by atoms with Crippen LogP contribution in [0.2, 0.25) is 0 Å². The zero-order valence-electron chi connectivity index (χ0n) is 17.4.